The van der Waals surface area contributed by atoms with Crippen LogP contribution in [0, 0.1) is 24.7 Å². The van der Waals surface area contributed by atoms with Crippen molar-refractivity contribution in [3.05, 3.63) is 41.0 Å². The third-order valence-corrected chi connectivity index (χ3v) is 5.59. The van der Waals surface area contributed by atoms with Gasteiger partial charge in [-0.05, 0) is 38.0 Å². The summed E-state index contributed by atoms with van der Waals surface area (Å²) in [7, 11) is 0. The molecule has 140 valence electrons. The predicted octanol–water partition coefficient (Wildman–Crippen LogP) is 1.54. The van der Waals surface area contributed by atoms with E-state index in [2.05, 4.69) is 0 Å². The molecule has 0 aromatic heterocycles. The Labute approximate surface area is 155 Å². The first-order chi connectivity index (χ1) is 12.9. The highest BCUT2D eigenvalue weighted by atomic mass is 16.6. The van der Waals surface area contributed by atoms with E-state index in [0.29, 0.717) is 11.3 Å². The lowest BCUT2D eigenvalue weighted by atomic mass is 9.66. The lowest BCUT2D eigenvalue weighted by molar-refractivity contribution is -0.173. The summed E-state index contributed by atoms with van der Waals surface area (Å²) in [4.78, 5) is 52.4. The lowest BCUT2D eigenvalue weighted by Gasteiger charge is -2.42. The van der Waals surface area contributed by atoms with Gasteiger partial charge in [-0.3, -0.25) is 14.4 Å². The van der Waals surface area contributed by atoms with Crippen molar-refractivity contribution in [3.63, 3.8) is 0 Å². The molecule has 7 nitrogen and oxygen atoms in total. The first-order valence-electron chi connectivity index (χ1n) is 8.90. The number of ether oxygens (including phenoxy) is 2. The van der Waals surface area contributed by atoms with E-state index in [1.807, 2.05) is 19.1 Å². The molecular weight excluding hydrogens is 350 g/mol. The Morgan fingerprint density at radius 2 is 1.78 bits per heavy atom. The fourth-order valence-corrected chi connectivity index (χ4v) is 4.40. The van der Waals surface area contributed by atoms with Gasteiger partial charge in [-0.2, -0.15) is 0 Å². The van der Waals surface area contributed by atoms with Gasteiger partial charge in [0.15, 0.2) is 0 Å². The van der Waals surface area contributed by atoms with Crippen molar-refractivity contribution in [1.29, 1.82) is 0 Å². The van der Waals surface area contributed by atoms with Gasteiger partial charge >= 0.3 is 11.9 Å². The summed E-state index contributed by atoms with van der Waals surface area (Å²) in [5.41, 5.74) is 1.91. The molecule has 0 unspecified atom stereocenters. The molecule has 4 aliphatic rings. The maximum Gasteiger partial charge on any atom is 0.334 e. The van der Waals surface area contributed by atoms with Gasteiger partial charge in [0.05, 0.1) is 29.7 Å². The van der Waals surface area contributed by atoms with Crippen LogP contribution in [0.3, 0.4) is 0 Å². The van der Waals surface area contributed by atoms with Crippen LogP contribution in [-0.2, 0) is 28.7 Å². The predicted molar refractivity (Wildman–Crippen MR) is 93.4 cm³/mol. The van der Waals surface area contributed by atoms with Crippen molar-refractivity contribution >= 4 is 29.4 Å². The summed E-state index contributed by atoms with van der Waals surface area (Å²) in [6.45, 7) is 5.28. The summed E-state index contributed by atoms with van der Waals surface area (Å²) in [6.07, 6.45) is -0.919. The van der Waals surface area contributed by atoms with Crippen LogP contribution in [-0.4, -0.2) is 36.5 Å². The van der Waals surface area contributed by atoms with Crippen molar-refractivity contribution in [2.75, 3.05) is 11.5 Å². The van der Waals surface area contributed by atoms with Crippen LogP contribution < -0.4 is 4.90 Å². The number of para-hydroxylation sites is 1. The minimum Gasteiger partial charge on any atom is -0.463 e. The minimum absolute atomic E-state index is 0.151. The van der Waals surface area contributed by atoms with E-state index in [1.165, 1.54) is 0 Å². The molecule has 1 aromatic carbocycles. The smallest absolute Gasteiger partial charge is 0.334 e. The Balaban J connectivity index is 1.82. The second kappa shape index (κ2) is 6.04. The van der Waals surface area contributed by atoms with Crippen molar-refractivity contribution < 1.29 is 28.7 Å². The lowest BCUT2D eigenvalue weighted by Crippen LogP contribution is -2.54. The fraction of sp³-hybridized carbons (Fsp3) is 0.400. The average Bonchev–Trinajstić information content (AvgIpc) is 2.89. The van der Waals surface area contributed by atoms with Gasteiger partial charge < -0.3 is 9.47 Å². The number of imide groups is 1. The van der Waals surface area contributed by atoms with Crippen LogP contribution in [0.1, 0.15) is 19.4 Å². The first kappa shape index (κ1) is 17.5. The molecule has 0 N–H and O–H groups in total. The summed E-state index contributed by atoms with van der Waals surface area (Å²) in [5.74, 6) is -5.00. The third-order valence-electron chi connectivity index (χ3n) is 5.59. The molecular formula is C20H19NO6. The van der Waals surface area contributed by atoms with Gasteiger partial charge in [0, 0.05) is 0 Å². The standard InChI is InChI=1S/C20H19NO6/c1-4-26-19(24)12-10(3)16-15-13(14(12)20(25)27-16)17(22)21(18(15)23)11-8-6-5-7-9(11)2/h5-8,13-16H,4H2,1-3H3/t13-,14-,15+,16-/m1/s1. The number of carbonyl (C=O) groups excluding carboxylic acids is 4. The Morgan fingerprint density at radius 1 is 1.11 bits per heavy atom. The molecule has 3 aliphatic heterocycles. The van der Waals surface area contributed by atoms with Crippen LogP contribution in [0.5, 0.6) is 0 Å². The molecule has 0 spiro atoms. The largest absolute Gasteiger partial charge is 0.463 e. The number of esters is 2. The van der Waals surface area contributed by atoms with E-state index in [-0.39, 0.29) is 12.2 Å². The molecule has 1 aromatic rings. The number of aryl methyl sites for hydroxylation is 1. The topological polar surface area (TPSA) is 90.0 Å². The zero-order chi connectivity index (χ0) is 19.5. The quantitative estimate of drug-likeness (QED) is 0.593. The number of rotatable bonds is 3. The van der Waals surface area contributed by atoms with E-state index in [0.717, 1.165) is 10.5 Å². The van der Waals surface area contributed by atoms with Gasteiger partial charge in [-0.1, -0.05) is 18.2 Å². The molecule has 0 saturated carbocycles. The molecule has 2 saturated heterocycles. The summed E-state index contributed by atoms with van der Waals surface area (Å²) in [6, 6.07) is 7.06. The van der Waals surface area contributed by atoms with Crippen molar-refractivity contribution in [2.45, 2.75) is 26.9 Å². The molecule has 2 amide bonds. The number of hydrogen-bond donors (Lipinski definition) is 0. The highest BCUT2D eigenvalue weighted by molar-refractivity contribution is 6.25. The van der Waals surface area contributed by atoms with Crippen LogP contribution >= 0.6 is 0 Å². The van der Waals surface area contributed by atoms with E-state index in [9.17, 15) is 19.2 Å². The van der Waals surface area contributed by atoms with E-state index >= 15 is 0 Å². The number of nitrogens with zero attached hydrogens (tertiary/aromatic N) is 1. The molecule has 2 bridgehead atoms. The number of fused-ring (bicyclic) bond motifs is 1. The number of hydrogen-bond acceptors (Lipinski definition) is 6. The second-order valence-electron chi connectivity index (χ2n) is 7.00. The van der Waals surface area contributed by atoms with E-state index in [4.69, 9.17) is 9.47 Å². The third kappa shape index (κ3) is 2.27. The van der Waals surface area contributed by atoms with Crippen molar-refractivity contribution in [3.8, 4) is 0 Å². The Kier molecular flexibility index (Phi) is 3.91. The zero-order valence-corrected chi connectivity index (χ0v) is 15.2. The molecule has 3 heterocycles. The van der Waals surface area contributed by atoms with E-state index < -0.39 is 47.6 Å². The number of amides is 2. The van der Waals surface area contributed by atoms with Gasteiger partial charge in [0.2, 0.25) is 11.8 Å². The molecule has 0 radical (unpaired) electrons. The summed E-state index contributed by atoms with van der Waals surface area (Å²) >= 11 is 0. The number of anilines is 1. The van der Waals surface area contributed by atoms with Crippen LogP contribution in [0.4, 0.5) is 5.69 Å². The highest BCUT2D eigenvalue weighted by Crippen LogP contribution is 2.51. The van der Waals surface area contributed by atoms with Crippen LogP contribution in [0.25, 0.3) is 0 Å². The van der Waals surface area contributed by atoms with Crippen LogP contribution in [0.15, 0.2) is 35.4 Å². The monoisotopic (exact) mass is 369 g/mol. The Hall–Kier alpha value is -2.96. The average molecular weight is 369 g/mol. The summed E-state index contributed by atoms with van der Waals surface area (Å²) in [5, 5.41) is 0. The van der Waals surface area contributed by atoms with E-state index in [1.54, 1.807) is 26.0 Å². The van der Waals surface area contributed by atoms with Crippen molar-refractivity contribution in [2.24, 2.45) is 17.8 Å². The second-order valence-corrected chi connectivity index (χ2v) is 7.00. The minimum atomic E-state index is -1.11. The molecule has 1 aliphatic carbocycles. The van der Waals surface area contributed by atoms with Gasteiger partial charge in [0.1, 0.15) is 12.0 Å². The Morgan fingerprint density at radius 3 is 2.44 bits per heavy atom. The van der Waals surface area contributed by atoms with Gasteiger partial charge in [0.25, 0.3) is 0 Å². The maximum absolute atomic E-state index is 13.2. The van der Waals surface area contributed by atoms with Crippen LogP contribution in [0.2, 0.25) is 0 Å². The molecule has 4 atom stereocenters. The van der Waals surface area contributed by atoms with Gasteiger partial charge in [-0.15, -0.1) is 0 Å². The number of benzene rings is 1. The molecule has 7 heteroatoms. The van der Waals surface area contributed by atoms with Crippen molar-refractivity contribution in [1.82, 2.24) is 0 Å². The SMILES string of the molecule is CCOC(=O)C1=C(C)[C@H]2OC(=O)[C@H]1[C@H]1C(=O)N(c3ccccc3C)C(=O)[C@@H]12. The zero-order valence-electron chi connectivity index (χ0n) is 15.2. The first-order valence-corrected chi connectivity index (χ1v) is 8.90. The summed E-state index contributed by atoms with van der Waals surface area (Å²) < 4.78 is 10.5. The highest BCUT2D eigenvalue weighted by Gasteiger charge is 2.66. The Bertz CT molecular complexity index is 917. The normalized spacial score (nSPS) is 29.1. The fourth-order valence-electron chi connectivity index (χ4n) is 4.40. The number of carbonyl (C=O) groups is 4. The molecule has 2 fully saturated rings. The van der Waals surface area contributed by atoms with Gasteiger partial charge in [-0.25, -0.2) is 9.69 Å². The molecule has 5 rings (SSSR count). The maximum atomic E-state index is 13.2. The molecule has 27 heavy (non-hydrogen) atoms.